The lowest BCUT2D eigenvalue weighted by molar-refractivity contribution is 0.220. The molecule has 4 heteroatoms. The monoisotopic (exact) mass is 313 g/mol. The standard InChI is InChI=1S/C14H24BrN3/c1-5-12-14(15)13(17(4)16-12)9-18(8-10(2)3)11-6-7-11/h10-11H,5-9H2,1-4H3. The first-order chi connectivity index (χ1) is 8.52. The van der Waals surface area contributed by atoms with Crippen LogP contribution in [-0.4, -0.2) is 27.3 Å². The molecule has 1 aliphatic carbocycles. The molecule has 1 aliphatic rings. The molecule has 0 aromatic carbocycles. The average Bonchev–Trinajstić information content (AvgIpc) is 3.10. The summed E-state index contributed by atoms with van der Waals surface area (Å²) in [5.74, 6) is 0.725. The van der Waals surface area contributed by atoms with Gasteiger partial charge in [0, 0.05) is 26.2 Å². The van der Waals surface area contributed by atoms with Crippen LogP contribution in [0.5, 0.6) is 0 Å². The third-order valence-electron chi connectivity index (χ3n) is 3.52. The number of aryl methyl sites for hydroxylation is 2. The quantitative estimate of drug-likeness (QED) is 0.803. The molecule has 0 N–H and O–H groups in total. The highest BCUT2D eigenvalue weighted by atomic mass is 79.9. The number of nitrogens with zero attached hydrogens (tertiary/aromatic N) is 3. The van der Waals surface area contributed by atoms with E-state index in [1.54, 1.807) is 0 Å². The van der Waals surface area contributed by atoms with Gasteiger partial charge in [-0.05, 0) is 41.1 Å². The first kappa shape index (κ1) is 14.1. The zero-order valence-corrected chi connectivity index (χ0v) is 13.5. The smallest absolute Gasteiger partial charge is 0.0767 e. The van der Waals surface area contributed by atoms with Gasteiger partial charge in [-0.3, -0.25) is 9.58 Å². The van der Waals surface area contributed by atoms with Crippen molar-refractivity contribution in [3.8, 4) is 0 Å². The Morgan fingerprint density at radius 3 is 2.56 bits per heavy atom. The van der Waals surface area contributed by atoms with Gasteiger partial charge in [-0.2, -0.15) is 5.10 Å². The largest absolute Gasteiger partial charge is 0.294 e. The van der Waals surface area contributed by atoms with E-state index in [0.717, 1.165) is 24.9 Å². The first-order valence-corrected chi connectivity index (χ1v) is 7.76. The third kappa shape index (κ3) is 3.15. The summed E-state index contributed by atoms with van der Waals surface area (Å²) in [6.45, 7) is 8.95. The van der Waals surface area contributed by atoms with Crippen molar-refractivity contribution in [1.82, 2.24) is 14.7 Å². The molecule has 102 valence electrons. The van der Waals surface area contributed by atoms with Crippen LogP contribution in [0.3, 0.4) is 0 Å². The van der Waals surface area contributed by atoms with E-state index < -0.39 is 0 Å². The molecule has 0 amide bonds. The van der Waals surface area contributed by atoms with Gasteiger partial charge < -0.3 is 0 Å². The van der Waals surface area contributed by atoms with E-state index in [0.29, 0.717) is 0 Å². The highest BCUT2D eigenvalue weighted by Crippen LogP contribution is 2.31. The normalized spacial score (nSPS) is 15.9. The molecule has 0 spiro atoms. The molecule has 0 unspecified atom stereocenters. The SMILES string of the molecule is CCc1nn(C)c(CN(CC(C)C)C2CC2)c1Br. The lowest BCUT2D eigenvalue weighted by atomic mass is 10.2. The van der Waals surface area contributed by atoms with Crippen LogP contribution in [-0.2, 0) is 20.0 Å². The molecule has 0 aliphatic heterocycles. The van der Waals surface area contributed by atoms with Crippen LogP contribution < -0.4 is 0 Å². The van der Waals surface area contributed by atoms with Crippen molar-refractivity contribution >= 4 is 15.9 Å². The summed E-state index contributed by atoms with van der Waals surface area (Å²) in [6, 6.07) is 0.805. The van der Waals surface area contributed by atoms with Crippen molar-refractivity contribution in [2.75, 3.05) is 6.54 Å². The summed E-state index contributed by atoms with van der Waals surface area (Å²) >= 11 is 3.72. The van der Waals surface area contributed by atoms with Gasteiger partial charge in [0.1, 0.15) is 0 Å². The van der Waals surface area contributed by atoms with Crippen molar-refractivity contribution < 1.29 is 0 Å². The highest BCUT2D eigenvalue weighted by Gasteiger charge is 2.30. The number of aromatic nitrogens is 2. The molecule has 3 nitrogen and oxygen atoms in total. The van der Waals surface area contributed by atoms with Crippen molar-refractivity contribution in [2.45, 2.75) is 52.6 Å². The molecule has 0 bridgehead atoms. The van der Waals surface area contributed by atoms with E-state index >= 15 is 0 Å². The van der Waals surface area contributed by atoms with Crippen molar-refractivity contribution in [1.29, 1.82) is 0 Å². The number of halogens is 1. The molecule has 1 aromatic heterocycles. The Balaban J connectivity index is 2.13. The molecular weight excluding hydrogens is 290 g/mol. The second-order valence-electron chi connectivity index (χ2n) is 5.74. The van der Waals surface area contributed by atoms with E-state index in [1.165, 1.54) is 35.2 Å². The minimum atomic E-state index is 0.725. The maximum absolute atomic E-state index is 4.58. The molecule has 0 saturated heterocycles. The van der Waals surface area contributed by atoms with Gasteiger partial charge >= 0.3 is 0 Å². The predicted octanol–water partition coefficient (Wildman–Crippen LogP) is 3.37. The van der Waals surface area contributed by atoms with Crippen molar-refractivity contribution in [3.63, 3.8) is 0 Å². The summed E-state index contributed by atoms with van der Waals surface area (Å²) in [5.41, 5.74) is 2.49. The van der Waals surface area contributed by atoms with Crippen molar-refractivity contribution in [2.24, 2.45) is 13.0 Å². The summed E-state index contributed by atoms with van der Waals surface area (Å²) < 4.78 is 3.25. The van der Waals surface area contributed by atoms with Gasteiger partial charge in [0.2, 0.25) is 0 Å². The Kier molecular flexibility index (Phi) is 4.49. The summed E-state index contributed by atoms with van der Waals surface area (Å²) in [7, 11) is 2.06. The van der Waals surface area contributed by atoms with Gasteiger partial charge in [0.15, 0.2) is 0 Å². The lowest BCUT2D eigenvalue weighted by Gasteiger charge is -2.24. The number of hydrogen-bond donors (Lipinski definition) is 0. The second kappa shape index (κ2) is 5.74. The number of hydrogen-bond acceptors (Lipinski definition) is 2. The fourth-order valence-corrected chi connectivity index (χ4v) is 3.18. The average molecular weight is 314 g/mol. The maximum Gasteiger partial charge on any atom is 0.0767 e. The molecule has 1 aromatic rings. The van der Waals surface area contributed by atoms with Crippen LogP contribution in [0.2, 0.25) is 0 Å². The molecule has 0 radical (unpaired) electrons. The van der Waals surface area contributed by atoms with E-state index in [1.807, 2.05) is 4.68 Å². The van der Waals surface area contributed by atoms with E-state index in [9.17, 15) is 0 Å². The molecule has 1 saturated carbocycles. The lowest BCUT2D eigenvalue weighted by Crippen LogP contribution is -2.30. The highest BCUT2D eigenvalue weighted by molar-refractivity contribution is 9.10. The minimum absolute atomic E-state index is 0.725. The maximum atomic E-state index is 4.58. The zero-order valence-electron chi connectivity index (χ0n) is 11.9. The van der Waals surface area contributed by atoms with Crippen LogP contribution in [0.15, 0.2) is 4.47 Å². The Morgan fingerprint density at radius 1 is 1.44 bits per heavy atom. The summed E-state index contributed by atoms with van der Waals surface area (Å²) in [5, 5.41) is 4.58. The third-order valence-corrected chi connectivity index (χ3v) is 4.43. The summed E-state index contributed by atoms with van der Waals surface area (Å²) in [4.78, 5) is 2.62. The van der Waals surface area contributed by atoms with E-state index in [2.05, 4.69) is 53.7 Å². The van der Waals surface area contributed by atoms with Gasteiger partial charge in [-0.25, -0.2) is 0 Å². The van der Waals surface area contributed by atoms with Gasteiger partial charge in [-0.1, -0.05) is 20.8 Å². The molecule has 0 atom stereocenters. The van der Waals surface area contributed by atoms with Crippen molar-refractivity contribution in [3.05, 3.63) is 15.9 Å². The van der Waals surface area contributed by atoms with Gasteiger partial charge in [0.25, 0.3) is 0 Å². The minimum Gasteiger partial charge on any atom is -0.294 e. The van der Waals surface area contributed by atoms with E-state index in [-0.39, 0.29) is 0 Å². The van der Waals surface area contributed by atoms with E-state index in [4.69, 9.17) is 0 Å². The first-order valence-electron chi connectivity index (χ1n) is 6.97. The molecular formula is C14H24BrN3. The Bertz CT molecular complexity index is 407. The summed E-state index contributed by atoms with van der Waals surface area (Å²) in [6.07, 6.45) is 3.72. The van der Waals surface area contributed by atoms with Crippen LogP contribution in [0.4, 0.5) is 0 Å². The second-order valence-corrected chi connectivity index (χ2v) is 6.53. The van der Waals surface area contributed by atoms with Crippen LogP contribution in [0.25, 0.3) is 0 Å². The van der Waals surface area contributed by atoms with Gasteiger partial charge in [0.05, 0.1) is 15.9 Å². The van der Waals surface area contributed by atoms with Gasteiger partial charge in [-0.15, -0.1) is 0 Å². The van der Waals surface area contributed by atoms with Crippen LogP contribution in [0.1, 0.15) is 45.0 Å². The Labute approximate surface area is 119 Å². The molecule has 2 rings (SSSR count). The number of rotatable bonds is 6. The molecule has 18 heavy (non-hydrogen) atoms. The molecule has 1 heterocycles. The predicted molar refractivity (Wildman–Crippen MR) is 78.6 cm³/mol. The molecule has 1 fully saturated rings. The van der Waals surface area contributed by atoms with Crippen LogP contribution in [0, 0.1) is 5.92 Å². The Morgan fingerprint density at radius 2 is 2.11 bits per heavy atom. The topological polar surface area (TPSA) is 21.1 Å². The van der Waals surface area contributed by atoms with Crippen LogP contribution >= 0.6 is 15.9 Å². The zero-order chi connectivity index (χ0) is 13.3. The fourth-order valence-electron chi connectivity index (χ4n) is 2.44. The Hall–Kier alpha value is -0.350. The fraction of sp³-hybridized carbons (Fsp3) is 0.786.